The molecule has 1 aromatic carbocycles. The van der Waals surface area contributed by atoms with Crippen molar-refractivity contribution in [1.29, 1.82) is 0 Å². The van der Waals surface area contributed by atoms with Gasteiger partial charge in [-0.15, -0.1) is 0 Å². The van der Waals surface area contributed by atoms with E-state index in [4.69, 9.17) is 0 Å². The van der Waals surface area contributed by atoms with Gasteiger partial charge in [-0.3, -0.25) is 4.79 Å². The van der Waals surface area contributed by atoms with Gasteiger partial charge in [-0.2, -0.15) is 5.10 Å². The monoisotopic (exact) mass is 257 g/mol. The molecule has 1 aromatic rings. The third-order valence-electron chi connectivity index (χ3n) is 3.73. The molecule has 0 radical (unpaired) electrons. The van der Waals surface area contributed by atoms with Crippen LogP contribution < -0.4 is 10.3 Å². The van der Waals surface area contributed by atoms with E-state index in [0.29, 0.717) is 0 Å². The van der Waals surface area contributed by atoms with Crippen molar-refractivity contribution in [3.63, 3.8) is 0 Å². The Morgan fingerprint density at radius 2 is 1.84 bits per heavy atom. The van der Waals surface area contributed by atoms with Crippen LogP contribution in [0.1, 0.15) is 25.7 Å². The van der Waals surface area contributed by atoms with Crippen LogP contribution in [0.25, 0.3) is 0 Å². The molecule has 0 bridgehead atoms. The van der Waals surface area contributed by atoms with Gasteiger partial charge in [-0.25, -0.2) is 5.43 Å². The van der Waals surface area contributed by atoms with Gasteiger partial charge in [0.25, 0.3) is 0 Å². The second kappa shape index (κ2) is 5.43. The van der Waals surface area contributed by atoms with Crippen molar-refractivity contribution < 1.29 is 4.79 Å². The van der Waals surface area contributed by atoms with Gasteiger partial charge in [-0.1, -0.05) is 18.2 Å². The first kappa shape index (κ1) is 12.2. The molecule has 0 aromatic heterocycles. The van der Waals surface area contributed by atoms with Crippen molar-refractivity contribution in [2.75, 3.05) is 18.0 Å². The third kappa shape index (κ3) is 3.13. The molecule has 2 aliphatic rings. The molecular weight excluding hydrogens is 238 g/mol. The van der Waals surface area contributed by atoms with Crippen LogP contribution in [0.15, 0.2) is 35.4 Å². The summed E-state index contributed by atoms with van der Waals surface area (Å²) in [5.41, 5.74) is 5.08. The Morgan fingerprint density at radius 3 is 2.47 bits per heavy atom. The lowest BCUT2D eigenvalue weighted by atomic mass is 10.1. The van der Waals surface area contributed by atoms with Crippen LogP contribution >= 0.6 is 0 Å². The average molecular weight is 257 g/mol. The predicted octanol–water partition coefficient (Wildman–Crippen LogP) is 2.17. The highest BCUT2D eigenvalue weighted by Crippen LogP contribution is 2.28. The molecular formula is C15H19N3O. The lowest BCUT2D eigenvalue weighted by Crippen LogP contribution is -2.35. The fraction of sp³-hybridized carbons (Fsp3) is 0.467. The summed E-state index contributed by atoms with van der Waals surface area (Å²) in [4.78, 5) is 13.9. The third-order valence-corrected chi connectivity index (χ3v) is 3.73. The van der Waals surface area contributed by atoms with E-state index in [-0.39, 0.29) is 11.8 Å². The normalized spacial score (nSPS) is 19.2. The van der Waals surface area contributed by atoms with E-state index in [2.05, 4.69) is 39.7 Å². The minimum absolute atomic E-state index is 0.0954. The largest absolute Gasteiger partial charge is 0.371 e. The zero-order valence-corrected chi connectivity index (χ0v) is 11.0. The first-order valence-corrected chi connectivity index (χ1v) is 6.98. The maximum absolute atomic E-state index is 11.5. The summed E-state index contributed by atoms with van der Waals surface area (Å²) in [6.07, 6.45) is 3.91. The van der Waals surface area contributed by atoms with Crippen LogP contribution in [-0.4, -0.2) is 24.7 Å². The van der Waals surface area contributed by atoms with Gasteiger partial charge in [0, 0.05) is 43.2 Å². The van der Waals surface area contributed by atoms with Gasteiger partial charge in [0.2, 0.25) is 5.91 Å². The SMILES string of the molecule is O=C(NN=C1CCN(c2ccccc2)CC1)C1CC1. The number of anilines is 1. The first-order chi connectivity index (χ1) is 9.33. The molecule has 100 valence electrons. The van der Waals surface area contributed by atoms with Crippen LogP contribution in [0.5, 0.6) is 0 Å². The Hall–Kier alpha value is -1.84. The Labute approximate surface area is 113 Å². The summed E-state index contributed by atoms with van der Waals surface area (Å²) in [5.74, 6) is 0.326. The van der Waals surface area contributed by atoms with Gasteiger partial charge < -0.3 is 4.90 Å². The first-order valence-electron chi connectivity index (χ1n) is 6.98. The van der Waals surface area contributed by atoms with Crippen LogP contribution in [0.3, 0.4) is 0 Å². The summed E-state index contributed by atoms with van der Waals surface area (Å²) < 4.78 is 0. The van der Waals surface area contributed by atoms with Crippen LogP contribution in [-0.2, 0) is 4.79 Å². The Balaban J connectivity index is 1.51. The number of carbonyl (C=O) groups excluding carboxylic acids is 1. The number of nitrogens with one attached hydrogen (secondary N) is 1. The molecule has 3 rings (SSSR count). The smallest absolute Gasteiger partial charge is 0.243 e. The van der Waals surface area contributed by atoms with Crippen LogP contribution in [0.4, 0.5) is 5.69 Å². The summed E-state index contributed by atoms with van der Waals surface area (Å²) in [5, 5.41) is 4.26. The molecule has 1 N–H and O–H groups in total. The molecule has 0 unspecified atom stereocenters. The number of carbonyl (C=O) groups is 1. The number of hydrazone groups is 1. The van der Waals surface area contributed by atoms with E-state index in [1.807, 2.05) is 6.07 Å². The van der Waals surface area contributed by atoms with E-state index >= 15 is 0 Å². The van der Waals surface area contributed by atoms with Gasteiger partial charge in [0.1, 0.15) is 0 Å². The number of hydrogen-bond acceptors (Lipinski definition) is 3. The standard InChI is InChI=1S/C15H19N3O/c19-15(12-6-7-12)17-16-13-8-10-18(11-9-13)14-4-2-1-3-5-14/h1-5,12H,6-11H2,(H,17,19). The lowest BCUT2D eigenvalue weighted by molar-refractivity contribution is -0.122. The van der Waals surface area contributed by atoms with Crippen LogP contribution in [0, 0.1) is 5.92 Å². The van der Waals surface area contributed by atoms with E-state index < -0.39 is 0 Å². The average Bonchev–Trinajstić information content (AvgIpc) is 3.31. The quantitative estimate of drug-likeness (QED) is 0.843. The van der Waals surface area contributed by atoms with Crippen molar-refractivity contribution in [3.8, 4) is 0 Å². The fourth-order valence-electron chi connectivity index (χ4n) is 2.34. The number of piperidine rings is 1. The number of nitrogens with zero attached hydrogens (tertiary/aromatic N) is 2. The topological polar surface area (TPSA) is 44.7 Å². The lowest BCUT2D eigenvalue weighted by Gasteiger charge is -2.29. The molecule has 4 nitrogen and oxygen atoms in total. The number of para-hydroxylation sites is 1. The van der Waals surface area contributed by atoms with E-state index in [1.54, 1.807) is 0 Å². The summed E-state index contributed by atoms with van der Waals surface area (Å²) >= 11 is 0. The molecule has 1 aliphatic carbocycles. The highest BCUT2D eigenvalue weighted by Gasteiger charge is 2.29. The highest BCUT2D eigenvalue weighted by molar-refractivity contribution is 5.89. The van der Waals surface area contributed by atoms with Crippen molar-refractivity contribution in [1.82, 2.24) is 5.43 Å². The molecule has 0 atom stereocenters. The zero-order chi connectivity index (χ0) is 13.1. The highest BCUT2D eigenvalue weighted by atomic mass is 16.2. The van der Waals surface area contributed by atoms with Gasteiger partial charge >= 0.3 is 0 Å². The van der Waals surface area contributed by atoms with E-state index in [9.17, 15) is 4.79 Å². The molecule has 0 spiro atoms. The maximum atomic E-state index is 11.5. The fourth-order valence-corrected chi connectivity index (χ4v) is 2.34. The second-order valence-corrected chi connectivity index (χ2v) is 5.25. The molecule has 1 heterocycles. The number of rotatable bonds is 3. The second-order valence-electron chi connectivity index (χ2n) is 5.25. The maximum Gasteiger partial charge on any atom is 0.243 e. The molecule has 19 heavy (non-hydrogen) atoms. The van der Waals surface area contributed by atoms with Crippen LogP contribution in [0.2, 0.25) is 0 Å². The van der Waals surface area contributed by atoms with Crippen molar-refractivity contribution in [3.05, 3.63) is 30.3 Å². The minimum Gasteiger partial charge on any atom is -0.371 e. The van der Waals surface area contributed by atoms with Gasteiger partial charge in [0.15, 0.2) is 0 Å². The summed E-state index contributed by atoms with van der Waals surface area (Å²) in [7, 11) is 0. The Morgan fingerprint density at radius 1 is 1.16 bits per heavy atom. The molecule has 4 heteroatoms. The minimum atomic E-state index is 0.0954. The molecule has 1 amide bonds. The zero-order valence-electron chi connectivity index (χ0n) is 11.0. The van der Waals surface area contributed by atoms with Crippen molar-refractivity contribution in [2.24, 2.45) is 11.0 Å². The summed E-state index contributed by atoms with van der Waals surface area (Å²) in [6, 6.07) is 10.4. The molecule has 1 saturated heterocycles. The number of amides is 1. The Kier molecular flexibility index (Phi) is 3.49. The summed E-state index contributed by atoms with van der Waals surface area (Å²) in [6.45, 7) is 1.95. The van der Waals surface area contributed by atoms with Gasteiger partial charge in [0.05, 0.1) is 0 Å². The number of benzene rings is 1. The van der Waals surface area contributed by atoms with Crippen molar-refractivity contribution >= 4 is 17.3 Å². The number of hydrogen-bond donors (Lipinski definition) is 1. The van der Waals surface area contributed by atoms with Crippen molar-refractivity contribution in [2.45, 2.75) is 25.7 Å². The van der Waals surface area contributed by atoms with E-state index in [0.717, 1.165) is 44.5 Å². The molecule has 1 saturated carbocycles. The molecule has 1 aliphatic heterocycles. The van der Waals surface area contributed by atoms with Gasteiger partial charge in [-0.05, 0) is 25.0 Å². The predicted molar refractivity (Wildman–Crippen MR) is 76.2 cm³/mol. The van der Waals surface area contributed by atoms with E-state index in [1.165, 1.54) is 5.69 Å². The Bertz CT molecular complexity index is 469. The molecule has 2 fully saturated rings.